The van der Waals surface area contributed by atoms with Crippen LogP contribution < -0.4 is 10.0 Å². The van der Waals surface area contributed by atoms with Crippen molar-refractivity contribution in [3.63, 3.8) is 0 Å². The number of halogens is 2. The number of sulfonamides is 1. The van der Waals surface area contributed by atoms with Crippen LogP contribution in [-0.4, -0.2) is 25.9 Å². The lowest BCUT2D eigenvalue weighted by Gasteiger charge is -2.14. The number of carbonyl (C=O) groups excluding carboxylic acids is 1. The number of rotatable bonds is 6. The Hall–Kier alpha value is -1.91. The molecule has 0 atom stereocenters. The summed E-state index contributed by atoms with van der Waals surface area (Å²) < 4.78 is 52.2. The van der Waals surface area contributed by atoms with Crippen LogP contribution in [0.3, 0.4) is 0 Å². The molecule has 0 aliphatic carbocycles. The van der Waals surface area contributed by atoms with Crippen molar-refractivity contribution < 1.29 is 22.0 Å². The van der Waals surface area contributed by atoms with E-state index in [2.05, 4.69) is 15.0 Å². The average molecular weight is 403 g/mol. The number of benzene rings is 1. The molecule has 6 nitrogen and oxygen atoms in total. The van der Waals surface area contributed by atoms with E-state index in [9.17, 15) is 22.0 Å². The van der Waals surface area contributed by atoms with E-state index in [0.717, 1.165) is 17.8 Å². The summed E-state index contributed by atoms with van der Waals surface area (Å²) in [5.41, 5.74) is 0.705. The number of amides is 1. The Balaban J connectivity index is 1.89. The van der Waals surface area contributed by atoms with Crippen molar-refractivity contribution in [2.24, 2.45) is 0 Å². The molecular weight excluding hydrogens is 384 g/mol. The number of thiazole rings is 1. The van der Waals surface area contributed by atoms with Crippen molar-refractivity contribution in [1.82, 2.24) is 9.71 Å². The Morgan fingerprint density at radius 2 is 1.92 bits per heavy atom. The summed E-state index contributed by atoms with van der Waals surface area (Å²) in [6, 6.07) is 2.26. The van der Waals surface area contributed by atoms with Crippen LogP contribution in [0.1, 0.15) is 32.9 Å². The fourth-order valence-electron chi connectivity index (χ4n) is 1.88. The molecule has 1 aromatic carbocycles. The summed E-state index contributed by atoms with van der Waals surface area (Å²) in [5, 5.41) is 4.88. The second kappa shape index (κ2) is 7.77. The van der Waals surface area contributed by atoms with Gasteiger partial charge in [-0.2, -0.15) is 0 Å². The molecule has 0 saturated carbocycles. The second-order valence-electron chi connectivity index (χ2n) is 6.56. The second-order valence-corrected chi connectivity index (χ2v) is 9.18. The fourth-order valence-corrected chi connectivity index (χ4v) is 3.88. The number of hydrogen-bond acceptors (Lipinski definition) is 5. The van der Waals surface area contributed by atoms with Gasteiger partial charge in [-0.1, -0.05) is 20.8 Å². The van der Waals surface area contributed by atoms with E-state index in [1.807, 2.05) is 26.2 Å². The van der Waals surface area contributed by atoms with E-state index >= 15 is 0 Å². The van der Waals surface area contributed by atoms with Gasteiger partial charge in [-0.05, 0) is 18.2 Å². The zero-order chi connectivity index (χ0) is 19.5. The van der Waals surface area contributed by atoms with Crippen LogP contribution in [0.25, 0.3) is 0 Å². The molecule has 1 amide bonds. The normalized spacial score (nSPS) is 12.2. The van der Waals surface area contributed by atoms with E-state index in [4.69, 9.17) is 0 Å². The molecule has 0 spiro atoms. The predicted molar refractivity (Wildman–Crippen MR) is 95.6 cm³/mol. The Morgan fingerprint density at radius 3 is 2.50 bits per heavy atom. The molecule has 10 heteroatoms. The van der Waals surface area contributed by atoms with E-state index in [-0.39, 0.29) is 18.4 Å². The number of anilines is 1. The van der Waals surface area contributed by atoms with Crippen molar-refractivity contribution in [1.29, 1.82) is 0 Å². The van der Waals surface area contributed by atoms with Gasteiger partial charge in [-0.3, -0.25) is 4.79 Å². The minimum absolute atomic E-state index is 0.132. The number of hydrogen-bond donors (Lipinski definition) is 2. The van der Waals surface area contributed by atoms with Crippen LogP contribution in [0.4, 0.5) is 13.9 Å². The standard InChI is InChI=1S/C16H19F2N3O3S2/c1-16(2,3)13-9-25-15(20-13)21-14(22)6-7-19-26(23,24)10-4-5-11(17)12(18)8-10/h4-5,8-9,19H,6-7H2,1-3H3,(H,20,21,22). The van der Waals surface area contributed by atoms with Crippen LogP contribution >= 0.6 is 11.3 Å². The summed E-state index contributed by atoms with van der Waals surface area (Å²) in [5.74, 6) is -2.81. The predicted octanol–water partition coefficient (Wildman–Crippen LogP) is 3.03. The third-order valence-corrected chi connectivity index (χ3v) is 5.58. The third kappa shape index (κ3) is 5.29. The van der Waals surface area contributed by atoms with Crippen LogP contribution in [0, 0.1) is 11.6 Å². The molecule has 2 aromatic rings. The van der Waals surface area contributed by atoms with E-state index in [1.54, 1.807) is 0 Å². The molecule has 0 saturated heterocycles. The van der Waals surface area contributed by atoms with Crippen molar-refractivity contribution in [3.05, 3.63) is 40.9 Å². The first kappa shape index (κ1) is 20.4. The van der Waals surface area contributed by atoms with Gasteiger partial charge in [0.15, 0.2) is 16.8 Å². The minimum Gasteiger partial charge on any atom is -0.302 e. The lowest BCUT2D eigenvalue weighted by molar-refractivity contribution is -0.116. The largest absolute Gasteiger partial charge is 0.302 e. The first-order valence-electron chi connectivity index (χ1n) is 7.69. The summed E-state index contributed by atoms with van der Waals surface area (Å²) >= 11 is 1.28. The van der Waals surface area contributed by atoms with Crippen LogP contribution in [0.2, 0.25) is 0 Å². The molecule has 2 N–H and O–H groups in total. The quantitative estimate of drug-likeness (QED) is 0.776. The molecule has 0 radical (unpaired) electrons. The van der Waals surface area contributed by atoms with Gasteiger partial charge >= 0.3 is 0 Å². The Morgan fingerprint density at radius 1 is 1.23 bits per heavy atom. The monoisotopic (exact) mass is 403 g/mol. The first-order chi connectivity index (χ1) is 12.0. The van der Waals surface area contributed by atoms with Crippen LogP contribution in [0.15, 0.2) is 28.5 Å². The lowest BCUT2D eigenvalue weighted by Crippen LogP contribution is -2.28. The number of aromatic nitrogens is 1. The van der Waals surface area contributed by atoms with Crippen molar-refractivity contribution in [3.8, 4) is 0 Å². The molecule has 0 unspecified atom stereocenters. The zero-order valence-electron chi connectivity index (χ0n) is 14.5. The van der Waals surface area contributed by atoms with E-state index in [0.29, 0.717) is 11.2 Å². The molecule has 0 fully saturated rings. The van der Waals surface area contributed by atoms with E-state index < -0.39 is 32.5 Å². The Kier molecular flexibility index (Phi) is 6.09. The van der Waals surface area contributed by atoms with Gasteiger partial charge in [0.2, 0.25) is 15.9 Å². The highest BCUT2D eigenvalue weighted by atomic mass is 32.2. The topological polar surface area (TPSA) is 88.2 Å². The van der Waals surface area contributed by atoms with Gasteiger partial charge in [0, 0.05) is 23.8 Å². The smallest absolute Gasteiger partial charge is 0.240 e. The van der Waals surface area contributed by atoms with Gasteiger partial charge in [0.1, 0.15) is 0 Å². The van der Waals surface area contributed by atoms with Gasteiger partial charge in [-0.25, -0.2) is 26.9 Å². The van der Waals surface area contributed by atoms with Crippen molar-refractivity contribution in [2.75, 3.05) is 11.9 Å². The highest BCUT2D eigenvalue weighted by molar-refractivity contribution is 7.89. The molecule has 142 valence electrons. The molecule has 2 rings (SSSR count). The number of nitrogens with one attached hydrogen (secondary N) is 2. The first-order valence-corrected chi connectivity index (χ1v) is 10.1. The van der Waals surface area contributed by atoms with Crippen LogP contribution in [-0.2, 0) is 20.2 Å². The average Bonchev–Trinajstić information content (AvgIpc) is 2.98. The summed E-state index contributed by atoms with van der Waals surface area (Å²) in [6.07, 6.45) is -0.132. The fraction of sp³-hybridized carbons (Fsp3) is 0.375. The molecule has 1 aromatic heterocycles. The minimum atomic E-state index is -4.03. The van der Waals surface area contributed by atoms with Gasteiger partial charge < -0.3 is 5.32 Å². The summed E-state index contributed by atoms with van der Waals surface area (Å²) in [7, 11) is -4.03. The molecule has 0 aliphatic heterocycles. The molecular formula is C16H19F2N3O3S2. The third-order valence-electron chi connectivity index (χ3n) is 3.36. The summed E-state index contributed by atoms with van der Waals surface area (Å²) in [6.45, 7) is 5.81. The molecule has 0 aliphatic rings. The maximum Gasteiger partial charge on any atom is 0.240 e. The molecule has 0 bridgehead atoms. The highest BCUT2D eigenvalue weighted by Gasteiger charge is 2.19. The molecule has 1 heterocycles. The zero-order valence-corrected chi connectivity index (χ0v) is 16.1. The highest BCUT2D eigenvalue weighted by Crippen LogP contribution is 2.26. The molecule has 26 heavy (non-hydrogen) atoms. The SMILES string of the molecule is CC(C)(C)c1csc(NC(=O)CCNS(=O)(=O)c2ccc(F)c(F)c2)n1. The Labute approximate surface area is 154 Å². The van der Waals surface area contributed by atoms with Gasteiger partial charge in [-0.15, -0.1) is 11.3 Å². The van der Waals surface area contributed by atoms with Crippen molar-refractivity contribution in [2.45, 2.75) is 37.5 Å². The van der Waals surface area contributed by atoms with Crippen LogP contribution in [0.5, 0.6) is 0 Å². The maximum absolute atomic E-state index is 13.2. The van der Waals surface area contributed by atoms with E-state index in [1.165, 1.54) is 11.3 Å². The Bertz CT molecular complexity index is 906. The summed E-state index contributed by atoms with van der Waals surface area (Å²) in [4.78, 5) is 15.8. The van der Waals surface area contributed by atoms with Gasteiger partial charge in [0.05, 0.1) is 10.6 Å². The number of carbonyl (C=O) groups is 1. The maximum atomic E-state index is 13.2. The lowest BCUT2D eigenvalue weighted by atomic mass is 9.93. The van der Waals surface area contributed by atoms with Gasteiger partial charge in [0.25, 0.3) is 0 Å². The number of nitrogens with zero attached hydrogens (tertiary/aromatic N) is 1. The van der Waals surface area contributed by atoms with Crippen molar-refractivity contribution >= 4 is 32.4 Å².